The Kier molecular flexibility index (Phi) is 6.81. The van der Waals surface area contributed by atoms with Gasteiger partial charge in [-0.15, -0.1) is 0 Å². The Hall–Kier alpha value is -6.52. The SMILES string of the molecule is N#Cc1ccc2c3ccccc3n(-c3cc(-c4ccc(F)cc4F)ccc3-c3nc(-c4ccccc4)nc(-c4ccccc4)n3)c2c1. The van der Waals surface area contributed by atoms with E-state index in [4.69, 9.17) is 15.0 Å². The van der Waals surface area contributed by atoms with Crippen LogP contribution in [0.2, 0.25) is 0 Å². The van der Waals surface area contributed by atoms with Gasteiger partial charge in [-0.1, -0.05) is 91.0 Å². The molecule has 222 valence electrons. The lowest BCUT2D eigenvalue weighted by Crippen LogP contribution is -2.04. The van der Waals surface area contributed by atoms with Gasteiger partial charge in [0.05, 0.1) is 28.4 Å². The molecule has 0 aliphatic rings. The molecule has 0 aliphatic carbocycles. The second-order valence-corrected chi connectivity index (χ2v) is 11.1. The third-order valence-electron chi connectivity index (χ3n) is 8.22. The smallest absolute Gasteiger partial charge is 0.166 e. The zero-order valence-corrected chi connectivity index (χ0v) is 24.8. The average Bonchev–Trinajstić information content (AvgIpc) is 3.45. The Balaban J connectivity index is 1.47. The first-order valence-corrected chi connectivity index (χ1v) is 15.0. The van der Waals surface area contributed by atoms with E-state index in [2.05, 4.69) is 10.6 Å². The molecule has 0 spiro atoms. The molecule has 0 radical (unpaired) electrons. The molecule has 0 unspecified atom stereocenters. The lowest BCUT2D eigenvalue weighted by atomic mass is 10.0. The Morgan fingerprint density at radius 1 is 0.511 bits per heavy atom. The molecule has 0 aliphatic heterocycles. The maximum atomic E-state index is 15.2. The van der Waals surface area contributed by atoms with Crippen molar-refractivity contribution in [3.8, 4) is 57.0 Å². The van der Waals surface area contributed by atoms with Crippen LogP contribution >= 0.6 is 0 Å². The van der Waals surface area contributed by atoms with Crippen LogP contribution in [0, 0.1) is 23.0 Å². The summed E-state index contributed by atoms with van der Waals surface area (Å²) in [7, 11) is 0. The van der Waals surface area contributed by atoms with E-state index in [9.17, 15) is 9.65 Å². The van der Waals surface area contributed by atoms with Gasteiger partial charge in [0.2, 0.25) is 0 Å². The van der Waals surface area contributed by atoms with E-state index in [0.29, 0.717) is 39.9 Å². The van der Waals surface area contributed by atoms with E-state index in [0.717, 1.165) is 39.0 Å². The third-order valence-corrected chi connectivity index (χ3v) is 8.22. The minimum atomic E-state index is -0.671. The predicted octanol–water partition coefficient (Wildman–Crippen LogP) is 9.79. The van der Waals surface area contributed by atoms with Crippen molar-refractivity contribution in [2.45, 2.75) is 0 Å². The standard InChI is InChI=1S/C40H23F2N5/c41-29-17-20-30(34(42)23-29)28-16-19-33(37(22-28)47-35-14-8-7-13-31(35)32-18-15-25(24-43)21-36(32)47)40-45-38(26-9-3-1-4-10-26)44-39(46-40)27-11-5-2-6-12-27/h1-23H. The number of rotatable bonds is 5. The highest BCUT2D eigenvalue weighted by atomic mass is 19.1. The molecule has 0 N–H and O–H groups in total. The van der Waals surface area contributed by atoms with Gasteiger partial charge in [-0.3, -0.25) is 0 Å². The first-order chi connectivity index (χ1) is 23.1. The molecule has 5 nitrogen and oxygen atoms in total. The van der Waals surface area contributed by atoms with Crippen molar-refractivity contribution in [3.05, 3.63) is 157 Å². The largest absolute Gasteiger partial charge is 0.308 e. The first kappa shape index (κ1) is 28.0. The second kappa shape index (κ2) is 11.4. The van der Waals surface area contributed by atoms with Crippen LogP contribution in [0.25, 0.3) is 72.8 Å². The summed E-state index contributed by atoms with van der Waals surface area (Å²) in [6, 6.07) is 44.3. The molecule has 8 aromatic rings. The summed E-state index contributed by atoms with van der Waals surface area (Å²) in [4.78, 5) is 14.8. The summed E-state index contributed by atoms with van der Waals surface area (Å²) >= 11 is 0. The summed E-state index contributed by atoms with van der Waals surface area (Å²) in [6.07, 6.45) is 0. The van der Waals surface area contributed by atoms with Gasteiger partial charge in [-0.2, -0.15) is 5.26 Å². The lowest BCUT2D eigenvalue weighted by molar-refractivity contribution is 0.585. The summed E-state index contributed by atoms with van der Waals surface area (Å²) in [5, 5.41) is 11.8. The van der Waals surface area contributed by atoms with Crippen LogP contribution in [-0.2, 0) is 0 Å². The number of benzene rings is 6. The Morgan fingerprint density at radius 2 is 1.13 bits per heavy atom. The van der Waals surface area contributed by atoms with E-state index in [1.54, 1.807) is 12.1 Å². The van der Waals surface area contributed by atoms with Gasteiger partial charge in [-0.25, -0.2) is 23.7 Å². The molecule has 0 saturated heterocycles. The number of nitrogens with zero attached hydrogens (tertiary/aromatic N) is 5. The number of nitriles is 1. The number of aromatic nitrogens is 4. The van der Waals surface area contributed by atoms with E-state index in [1.807, 2.05) is 109 Å². The van der Waals surface area contributed by atoms with Gasteiger partial charge in [0.1, 0.15) is 11.6 Å². The number of para-hydroxylation sites is 1. The molecule has 2 heterocycles. The molecule has 6 aromatic carbocycles. The summed E-state index contributed by atoms with van der Waals surface area (Å²) < 4.78 is 31.2. The fourth-order valence-corrected chi connectivity index (χ4v) is 6.03. The molecular weight excluding hydrogens is 588 g/mol. The average molecular weight is 612 g/mol. The number of halogens is 2. The summed E-state index contributed by atoms with van der Waals surface area (Å²) in [5.74, 6) is 0.101. The van der Waals surface area contributed by atoms with Crippen molar-refractivity contribution in [2.75, 3.05) is 0 Å². The van der Waals surface area contributed by atoms with Crippen LogP contribution in [0.4, 0.5) is 8.78 Å². The van der Waals surface area contributed by atoms with Gasteiger partial charge in [-0.05, 0) is 48.0 Å². The van der Waals surface area contributed by atoms with Gasteiger partial charge < -0.3 is 4.57 Å². The van der Waals surface area contributed by atoms with Crippen molar-refractivity contribution in [2.24, 2.45) is 0 Å². The molecule has 0 fully saturated rings. The molecule has 8 rings (SSSR count). The van der Waals surface area contributed by atoms with Crippen LogP contribution in [-0.4, -0.2) is 19.5 Å². The van der Waals surface area contributed by atoms with Crippen molar-refractivity contribution < 1.29 is 8.78 Å². The maximum Gasteiger partial charge on any atom is 0.166 e. The van der Waals surface area contributed by atoms with E-state index in [-0.39, 0.29) is 5.56 Å². The zero-order chi connectivity index (χ0) is 31.9. The van der Waals surface area contributed by atoms with Crippen molar-refractivity contribution in [3.63, 3.8) is 0 Å². The highest BCUT2D eigenvalue weighted by Crippen LogP contribution is 2.39. The minimum absolute atomic E-state index is 0.253. The van der Waals surface area contributed by atoms with Crippen molar-refractivity contribution >= 4 is 21.8 Å². The van der Waals surface area contributed by atoms with E-state index >= 15 is 4.39 Å². The van der Waals surface area contributed by atoms with Gasteiger partial charge in [0.15, 0.2) is 17.5 Å². The first-order valence-electron chi connectivity index (χ1n) is 15.0. The molecule has 47 heavy (non-hydrogen) atoms. The monoisotopic (exact) mass is 611 g/mol. The van der Waals surface area contributed by atoms with Gasteiger partial charge in [0, 0.05) is 39.1 Å². The molecule has 0 atom stereocenters. The Morgan fingerprint density at radius 3 is 1.81 bits per heavy atom. The normalized spacial score (nSPS) is 11.2. The predicted molar refractivity (Wildman–Crippen MR) is 181 cm³/mol. The fourth-order valence-electron chi connectivity index (χ4n) is 6.03. The third kappa shape index (κ3) is 4.98. The summed E-state index contributed by atoms with van der Waals surface area (Å²) in [6.45, 7) is 0. The van der Waals surface area contributed by atoms with Crippen LogP contribution in [0.15, 0.2) is 140 Å². The van der Waals surface area contributed by atoms with Crippen molar-refractivity contribution in [1.82, 2.24) is 19.5 Å². The van der Waals surface area contributed by atoms with E-state index in [1.165, 1.54) is 12.1 Å². The van der Waals surface area contributed by atoms with Gasteiger partial charge >= 0.3 is 0 Å². The minimum Gasteiger partial charge on any atom is -0.308 e. The molecular formula is C40H23F2N5. The quantitative estimate of drug-likeness (QED) is 0.194. The van der Waals surface area contributed by atoms with Crippen LogP contribution < -0.4 is 0 Å². The number of hydrogen-bond donors (Lipinski definition) is 0. The molecule has 7 heteroatoms. The van der Waals surface area contributed by atoms with Crippen LogP contribution in [0.3, 0.4) is 0 Å². The fraction of sp³-hybridized carbons (Fsp3) is 0. The van der Waals surface area contributed by atoms with Crippen molar-refractivity contribution in [1.29, 1.82) is 5.26 Å². The topological polar surface area (TPSA) is 67.4 Å². The zero-order valence-electron chi connectivity index (χ0n) is 24.8. The summed E-state index contributed by atoms with van der Waals surface area (Å²) in [5.41, 5.74) is 5.97. The van der Waals surface area contributed by atoms with E-state index < -0.39 is 11.6 Å². The molecule has 0 amide bonds. The molecule has 0 bridgehead atoms. The van der Waals surface area contributed by atoms with Crippen LogP contribution in [0.5, 0.6) is 0 Å². The highest BCUT2D eigenvalue weighted by molar-refractivity contribution is 6.10. The highest BCUT2D eigenvalue weighted by Gasteiger charge is 2.21. The second-order valence-electron chi connectivity index (χ2n) is 11.1. The number of hydrogen-bond acceptors (Lipinski definition) is 4. The van der Waals surface area contributed by atoms with Crippen LogP contribution in [0.1, 0.15) is 5.56 Å². The Labute approximate surface area is 268 Å². The molecule has 2 aromatic heterocycles. The molecule has 0 saturated carbocycles. The van der Waals surface area contributed by atoms with Gasteiger partial charge in [0.25, 0.3) is 0 Å². The lowest BCUT2D eigenvalue weighted by Gasteiger charge is -2.16. The number of fused-ring (bicyclic) bond motifs is 3. The Bertz CT molecular complexity index is 2440. The maximum absolute atomic E-state index is 15.2.